The van der Waals surface area contributed by atoms with E-state index in [1.807, 2.05) is 0 Å². The third-order valence-electron chi connectivity index (χ3n) is 2.18. The van der Waals surface area contributed by atoms with Crippen LogP contribution in [-0.2, 0) is 9.53 Å². The van der Waals surface area contributed by atoms with Crippen molar-refractivity contribution in [3.05, 3.63) is 12.2 Å². The standard InChI is InChI=1S/C11H20ClNO2/c1-5-13(6-2)8-7-9(3)11(14)15-10(4)12/h10H,3,5-8H2,1-2,4H3. The van der Waals surface area contributed by atoms with Crippen molar-refractivity contribution in [2.24, 2.45) is 0 Å². The number of nitrogens with zero attached hydrogens (tertiary/aromatic N) is 1. The maximum absolute atomic E-state index is 11.3. The van der Waals surface area contributed by atoms with Gasteiger partial charge in [0, 0.05) is 12.1 Å². The number of rotatable bonds is 7. The number of ether oxygens (including phenoxy) is 1. The van der Waals surface area contributed by atoms with Crippen LogP contribution in [-0.4, -0.2) is 36.1 Å². The molecule has 0 aromatic rings. The van der Waals surface area contributed by atoms with E-state index < -0.39 is 11.5 Å². The molecule has 0 fully saturated rings. The van der Waals surface area contributed by atoms with Crippen LogP contribution in [0.3, 0.4) is 0 Å². The van der Waals surface area contributed by atoms with Gasteiger partial charge in [-0.2, -0.15) is 0 Å². The molecule has 88 valence electrons. The predicted molar refractivity (Wildman–Crippen MR) is 63.0 cm³/mol. The molecular formula is C11H20ClNO2. The van der Waals surface area contributed by atoms with Crippen LogP contribution in [0.4, 0.5) is 0 Å². The molecule has 0 aromatic carbocycles. The summed E-state index contributed by atoms with van der Waals surface area (Å²) in [7, 11) is 0. The Bertz CT molecular complexity index is 213. The van der Waals surface area contributed by atoms with Crippen molar-refractivity contribution >= 4 is 17.6 Å². The number of hydrogen-bond donors (Lipinski definition) is 0. The molecule has 15 heavy (non-hydrogen) atoms. The lowest BCUT2D eigenvalue weighted by Gasteiger charge is -2.18. The quantitative estimate of drug-likeness (QED) is 0.384. The number of esters is 1. The Morgan fingerprint density at radius 1 is 1.47 bits per heavy atom. The number of alkyl halides is 1. The van der Waals surface area contributed by atoms with E-state index in [1.165, 1.54) is 0 Å². The molecule has 0 aromatic heterocycles. The third-order valence-corrected chi connectivity index (χ3v) is 2.27. The molecule has 0 aliphatic rings. The van der Waals surface area contributed by atoms with Gasteiger partial charge in [0.15, 0.2) is 5.56 Å². The van der Waals surface area contributed by atoms with Crippen LogP contribution in [0.5, 0.6) is 0 Å². The molecule has 0 saturated carbocycles. The van der Waals surface area contributed by atoms with E-state index in [-0.39, 0.29) is 0 Å². The van der Waals surface area contributed by atoms with Crippen LogP contribution in [0.1, 0.15) is 27.2 Å². The molecule has 0 aliphatic carbocycles. The summed E-state index contributed by atoms with van der Waals surface area (Å²) < 4.78 is 4.82. The molecule has 0 rings (SSSR count). The number of carbonyl (C=O) groups is 1. The second-order valence-electron chi connectivity index (χ2n) is 3.33. The monoisotopic (exact) mass is 233 g/mol. The average Bonchev–Trinajstić information content (AvgIpc) is 2.18. The Balaban J connectivity index is 3.87. The maximum atomic E-state index is 11.3. The molecule has 0 N–H and O–H groups in total. The second kappa shape index (κ2) is 7.71. The van der Waals surface area contributed by atoms with E-state index in [0.717, 1.165) is 19.6 Å². The van der Waals surface area contributed by atoms with Crippen molar-refractivity contribution in [2.75, 3.05) is 19.6 Å². The highest BCUT2D eigenvalue weighted by atomic mass is 35.5. The van der Waals surface area contributed by atoms with Crippen LogP contribution in [0.2, 0.25) is 0 Å². The van der Waals surface area contributed by atoms with Gasteiger partial charge in [0.1, 0.15) is 0 Å². The molecule has 1 unspecified atom stereocenters. The lowest BCUT2D eigenvalue weighted by Crippen LogP contribution is -2.25. The Morgan fingerprint density at radius 2 is 2.00 bits per heavy atom. The molecule has 0 bridgehead atoms. The minimum absolute atomic E-state index is 0.398. The van der Waals surface area contributed by atoms with Gasteiger partial charge in [-0.25, -0.2) is 4.79 Å². The summed E-state index contributed by atoms with van der Waals surface area (Å²) in [6.45, 7) is 12.3. The Kier molecular flexibility index (Phi) is 7.44. The van der Waals surface area contributed by atoms with Crippen molar-refractivity contribution in [3.63, 3.8) is 0 Å². The minimum Gasteiger partial charge on any atom is -0.443 e. The molecule has 0 aliphatic heterocycles. The first-order chi connectivity index (χ1) is 7.01. The largest absolute Gasteiger partial charge is 0.443 e. The summed E-state index contributed by atoms with van der Waals surface area (Å²) >= 11 is 5.54. The SMILES string of the molecule is C=C(CCN(CC)CC)C(=O)OC(C)Cl. The average molecular weight is 234 g/mol. The molecular weight excluding hydrogens is 214 g/mol. The predicted octanol–water partition coefficient (Wildman–Crippen LogP) is 2.40. The van der Waals surface area contributed by atoms with Gasteiger partial charge in [-0.05, 0) is 26.4 Å². The molecule has 0 radical (unpaired) electrons. The smallest absolute Gasteiger partial charge is 0.334 e. The fourth-order valence-electron chi connectivity index (χ4n) is 1.17. The van der Waals surface area contributed by atoms with Crippen LogP contribution >= 0.6 is 11.6 Å². The summed E-state index contributed by atoms with van der Waals surface area (Å²) in [5, 5.41) is 0. The van der Waals surface area contributed by atoms with Crippen molar-refractivity contribution < 1.29 is 9.53 Å². The van der Waals surface area contributed by atoms with Crippen molar-refractivity contribution in [2.45, 2.75) is 32.8 Å². The summed E-state index contributed by atoms with van der Waals surface area (Å²) in [5.41, 5.74) is -0.114. The highest BCUT2D eigenvalue weighted by molar-refractivity contribution is 6.20. The summed E-state index contributed by atoms with van der Waals surface area (Å²) in [5.74, 6) is -0.398. The fourth-order valence-corrected chi connectivity index (χ4v) is 1.25. The lowest BCUT2D eigenvalue weighted by atomic mass is 10.2. The Labute approximate surface area is 97.0 Å². The van der Waals surface area contributed by atoms with Crippen molar-refractivity contribution in [1.29, 1.82) is 0 Å². The van der Waals surface area contributed by atoms with Crippen molar-refractivity contribution in [1.82, 2.24) is 4.90 Å². The van der Waals surface area contributed by atoms with Gasteiger partial charge in [0.2, 0.25) is 0 Å². The van der Waals surface area contributed by atoms with Crippen molar-refractivity contribution in [3.8, 4) is 0 Å². The number of hydrogen-bond acceptors (Lipinski definition) is 3. The molecule has 3 nitrogen and oxygen atoms in total. The fraction of sp³-hybridized carbons (Fsp3) is 0.727. The maximum Gasteiger partial charge on any atom is 0.334 e. The molecule has 0 spiro atoms. The number of halogens is 1. The summed E-state index contributed by atoms with van der Waals surface area (Å²) in [6.07, 6.45) is 0.629. The molecule has 1 atom stereocenters. The van der Waals surface area contributed by atoms with E-state index >= 15 is 0 Å². The van der Waals surface area contributed by atoms with Gasteiger partial charge in [-0.1, -0.05) is 32.0 Å². The summed E-state index contributed by atoms with van der Waals surface area (Å²) in [4.78, 5) is 13.5. The van der Waals surface area contributed by atoms with Crippen LogP contribution in [0.25, 0.3) is 0 Å². The van der Waals surface area contributed by atoms with Crippen LogP contribution < -0.4 is 0 Å². The van der Waals surface area contributed by atoms with E-state index in [4.69, 9.17) is 16.3 Å². The Hall–Kier alpha value is -0.540. The zero-order valence-corrected chi connectivity index (χ0v) is 10.5. The molecule has 0 saturated heterocycles. The van der Waals surface area contributed by atoms with Gasteiger partial charge >= 0.3 is 5.97 Å². The molecule has 4 heteroatoms. The highest BCUT2D eigenvalue weighted by Crippen LogP contribution is 2.06. The van der Waals surface area contributed by atoms with Gasteiger partial charge in [-0.15, -0.1) is 0 Å². The molecule has 0 heterocycles. The topological polar surface area (TPSA) is 29.5 Å². The zero-order valence-electron chi connectivity index (χ0n) is 9.75. The first-order valence-corrected chi connectivity index (χ1v) is 5.70. The number of carbonyl (C=O) groups excluding carboxylic acids is 1. The van der Waals surface area contributed by atoms with E-state index in [1.54, 1.807) is 6.92 Å². The van der Waals surface area contributed by atoms with E-state index in [2.05, 4.69) is 25.3 Å². The van der Waals surface area contributed by atoms with Gasteiger partial charge in [-0.3, -0.25) is 0 Å². The lowest BCUT2D eigenvalue weighted by molar-refractivity contribution is -0.140. The second-order valence-corrected chi connectivity index (χ2v) is 3.94. The van der Waals surface area contributed by atoms with Gasteiger partial charge in [0.05, 0.1) is 0 Å². The first-order valence-electron chi connectivity index (χ1n) is 5.26. The van der Waals surface area contributed by atoms with Gasteiger partial charge < -0.3 is 9.64 Å². The third kappa shape index (κ3) is 6.52. The Morgan fingerprint density at radius 3 is 2.40 bits per heavy atom. The normalized spacial score (nSPS) is 12.6. The minimum atomic E-state index is -0.595. The highest BCUT2D eigenvalue weighted by Gasteiger charge is 2.11. The van der Waals surface area contributed by atoms with Gasteiger partial charge in [0.25, 0.3) is 0 Å². The molecule has 0 amide bonds. The van der Waals surface area contributed by atoms with Crippen LogP contribution in [0, 0.1) is 0 Å². The van der Waals surface area contributed by atoms with E-state index in [9.17, 15) is 4.79 Å². The zero-order chi connectivity index (χ0) is 11.8. The first kappa shape index (κ1) is 14.5. The summed E-state index contributed by atoms with van der Waals surface area (Å²) in [6, 6.07) is 0. The van der Waals surface area contributed by atoms with E-state index in [0.29, 0.717) is 12.0 Å². The van der Waals surface area contributed by atoms with Crippen LogP contribution in [0.15, 0.2) is 12.2 Å².